The number of piperidine rings is 1. The summed E-state index contributed by atoms with van der Waals surface area (Å²) in [5.74, 6) is 2.17. The van der Waals surface area contributed by atoms with Crippen molar-refractivity contribution in [2.45, 2.75) is 32.7 Å². The monoisotopic (exact) mass is 393 g/mol. The molecule has 0 N–H and O–H groups in total. The van der Waals surface area contributed by atoms with Gasteiger partial charge in [0.2, 0.25) is 0 Å². The molecular formula is C25H31NO3. The first-order valence-electron chi connectivity index (χ1n) is 10.3. The normalized spacial score (nSPS) is 16.8. The molecule has 2 aromatic carbocycles. The second-order valence-corrected chi connectivity index (χ2v) is 7.92. The molecule has 0 aromatic heterocycles. The van der Waals surface area contributed by atoms with Crippen molar-refractivity contribution < 1.29 is 14.3 Å². The largest absolute Gasteiger partial charge is 0.493 e. The molecule has 0 bridgehead atoms. The molecule has 1 aliphatic carbocycles. The van der Waals surface area contributed by atoms with Crippen LogP contribution in [0.5, 0.6) is 11.5 Å². The fourth-order valence-corrected chi connectivity index (χ4v) is 3.84. The van der Waals surface area contributed by atoms with E-state index >= 15 is 0 Å². The van der Waals surface area contributed by atoms with E-state index in [1.807, 2.05) is 6.07 Å². The number of rotatable bonds is 4. The molecule has 1 aliphatic heterocycles. The third-order valence-electron chi connectivity index (χ3n) is 5.70. The van der Waals surface area contributed by atoms with Gasteiger partial charge in [-0.15, -0.1) is 0 Å². The van der Waals surface area contributed by atoms with Gasteiger partial charge in [0.1, 0.15) is 0 Å². The SMILES string of the molecule is C=C1Cc2cc(OC)c(OC)cc2C1=O.CC1CCN(Cc2ccccc2)CC1. The molecule has 0 unspecified atom stereocenters. The molecule has 4 heteroatoms. The number of allylic oxidation sites excluding steroid dienone is 1. The first kappa shape index (κ1) is 21.1. The lowest BCUT2D eigenvalue weighted by Gasteiger charge is -2.30. The van der Waals surface area contributed by atoms with Crippen LogP contribution in [0, 0.1) is 5.92 Å². The Hall–Kier alpha value is -2.59. The number of likely N-dealkylation sites (tertiary alicyclic amines) is 1. The molecule has 29 heavy (non-hydrogen) atoms. The summed E-state index contributed by atoms with van der Waals surface area (Å²) in [4.78, 5) is 14.2. The fourth-order valence-electron chi connectivity index (χ4n) is 3.84. The van der Waals surface area contributed by atoms with Crippen LogP contribution in [0.25, 0.3) is 0 Å². The van der Waals surface area contributed by atoms with Crippen LogP contribution in [-0.2, 0) is 13.0 Å². The number of carbonyl (C=O) groups is 1. The average Bonchev–Trinajstić information content (AvgIpc) is 3.03. The summed E-state index contributed by atoms with van der Waals surface area (Å²) >= 11 is 0. The van der Waals surface area contributed by atoms with E-state index in [2.05, 4.69) is 48.7 Å². The van der Waals surface area contributed by atoms with Gasteiger partial charge in [0.15, 0.2) is 17.3 Å². The molecule has 0 atom stereocenters. The number of fused-ring (bicyclic) bond motifs is 1. The maximum absolute atomic E-state index is 11.7. The van der Waals surface area contributed by atoms with Crippen LogP contribution in [-0.4, -0.2) is 38.0 Å². The van der Waals surface area contributed by atoms with Crippen LogP contribution >= 0.6 is 0 Å². The number of Topliss-reactive ketones (excluding diaryl/α,β-unsaturated/α-hetero) is 1. The van der Waals surface area contributed by atoms with Gasteiger partial charge in [-0.2, -0.15) is 0 Å². The standard InChI is InChI=1S/C13H19N.C12H12O3/c1-12-7-9-14(10-8-12)11-13-5-3-2-4-6-13;1-7-4-8-5-10(14-2)11(15-3)6-9(8)12(7)13/h2-6,12H,7-11H2,1H3;5-6H,1,4H2,2-3H3. The summed E-state index contributed by atoms with van der Waals surface area (Å²) in [6, 6.07) is 14.3. The van der Waals surface area contributed by atoms with E-state index in [1.54, 1.807) is 20.3 Å². The highest BCUT2D eigenvalue weighted by atomic mass is 16.5. The van der Waals surface area contributed by atoms with Crippen LogP contribution in [0.3, 0.4) is 0 Å². The number of methoxy groups -OCH3 is 2. The quantitative estimate of drug-likeness (QED) is 0.692. The number of benzene rings is 2. The van der Waals surface area contributed by atoms with E-state index < -0.39 is 0 Å². The van der Waals surface area contributed by atoms with Crippen LogP contribution in [0.4, 0.5) is 0 Å². The molecular weight excluding hydrogens is 362 g/mol. The third kappa shape index (κ3) is 5.27. The minimum absolute atomic E-state index is 0.00551. The van der Waals surface area contributed by atoms with Crippen molar-refractivity contribution in [2.24, 2.45) is 5.92 Å². The second-order valence-electron chi connectivity index (χ2n) is 7.92. The van der Waals surface area contributed by atoms with Gasteiger partial charge in [0, 0.05) is 18.5 Å². The van der Waals surface area contributed by atoms with Crippen molar-refractivity contribution in [1.82, 2.24) is 4.90 Å². The predicted octanol–water partition coefficient (Wildman–Crippen LogP) is 4.92. The maximum atomic E-state index is 11.7. The molecule has 4 nitrogen and oxygen atoms in total. The highest BCUT2D eigenvalue weighted by Gasteiger charge is 2.25. The van der Waals surface area contributed by atoms with Gasteiger partial charge in [-0.3, -0.25) is 9.69 Å². The predicted molar refractivity (Wildman–Crippen MR) is 117 cm³/mol. The number of carbonyl (C=O) groups excluding carboxylic acids is 1. The Balaban J connectivity index is 0.000000166. The Labute approximate surface area is 174 Å². The maximum Gasteiger partial charge on any atom is 0.189 e. The highest BCUT2D eigenvalue weighted by Crippen LogP contribution is 2.35. The van der Waals surface area contributed by atoms with Crippen molar-refractivity contribution >= 4 is 5.78 Å². The Kier molecular flexibility index (Phi) is 7.10. The van der Waals surface area contributed by atoms with Crippen LogP contribution in [0.15, 0.2) is 54.6 Å². The fraction of sp³-hybridized carbons (Fsp3) is 0.400. The number of nitrogens with zero attached hydrogens (tertiary/aromatic N) is 1. The molecule has 154 valence electrons. The molecule has 0 saturated carbocycles. The lowest BCUT2D eigenvalue weighted by molar-refractivity contribution is 0.103. The third-order valence-corrected chi connectivity index (χ3v) is 5.70. The Morgan fingerprint density at radius 3 is 2.28 bits per heavy atom. The Morgan fingerprint density at radius 2 is 1.66 bits per heavy atom. The van der Waals surface area contributed by atoms with E-state index in [-0.39, 0.29) is 5.78 Å². The van der Waals surface area contributed by atoms with Gasteiger partial charge in [-0.25, -0.2) is 0 Å². The molecule has 0 spiro atoms. The smallest absolute Gasteiger partial charge is 0.189 e. The lowest BCUT2D eigenvalue weighted by atomic mass is 9.99. The molecule has 1 heterocycles. The minimum atomic E-state index is 0.00551. The summed E-state index contributed by atoms with van der Waals surface area (Å²) in [5.41, 5.74) is 3.71. The zero-order chi connectivity index (χ0) is 20.8. The first-order chi connectivity index (χ1) is 14.0. The molecule has 2 aliphatic rings. The minimum Gasteiger partial charge on any atom is -0.493 e. The van der Waals surface area contributed by atoms with Crippen molar-refractivity contribution in [3.05, 3.63) is 71.3 Å². The zero-order valence-corrected chi connectivity index (χ0v) is 17.7. The number of ketones is 1. The van der Waals surface area contributed by atoms with Crippen molar-refractivity contribution in [2.75, 3.05) is 27.3 Å². The summed E-state index contributed by atoms with van der Waals surface area (Å²) in [5, 5.41) is 0. The highest BCUT2D eigenvalue weighted by molar-refractivity contribution is 6.13. The molecule has 2 aromatic rings. The van der Waals surface area contributed by atoms with Crippen LogP contribution in [0.2, 0.25) is 0 Å². The van der Waals surface area contributed by atoms with E-state index in [0.29, 0.717) is 29.1 Å². The topological polar surface area (TPSA) is 38.8 Å². The Morgan fingerprint density at radius 1 is 1.03 bits per heavy atom. The van der Waals surface area contributed by atoms with Crippen LogP contribution in [0.1, 0.15) is 41.3 Å². The van der Waals surface area contributed by atoms with E-state index in [4.69, 9.17) is 9.47 Å². The first-order valence-corrected chi connectivity index (χ1v) is 10.3. The number of hydrogen-bond acceptors (Lipinski definition) is 4. The van der Waals surface area contributed by atoms with Gasteiger partial charge in [0.05, 0.1) is 14.2 Å². The summed E-state index contributed by atoms with van der Waals surface area (Å²) in [7, 11) is 3.13. The van der Waals surface area contributed by atoms with Crippen molar-refractivity contribution in [3.63, 3.8) is 0 Å². The van der Waals surface area contributed by atoms with Crippen molar-refractivity contribution in [3.8, 4) is 11.5 Å². The number of ether oxygens (including phenoxy) is 2. The van der Waals surface area contributed by atoms with Crippen molar-refractivity contribution in [1.29, 1.82) is 0 Å². The molecule has 1 saturated heterocycles. The van der Waals surface area contributed by atoms with E-state index in [9.17, 15) is 4.79 Å². The van der Waals surface area contributed by atoms with Gasteiger partial charge in [-0.05, 0) is 60.7 Å². The van der Waals surface area contributed by atoms with Crippen LogP contribution < -0.4 is 9.47 Å². The lowest BCUT2D eigenvalue weighted by Crippen LogP contribution is -2.32. The second kappa shape index (κ2) is 9.75. The van der Waals surface area contributed by atoms with E-state index in [0.717, 1.165) is 18.0 Å². The zero-order valence-electron chi connectivity index (χ0n) is 17.7. The number of hydrogen-bond donors (Lipinski definition) is 0. The van der Waals surface area contributed by atoms with Gasteiger partial charge < -0.3 is 9.47 Å². The molecule has 0 radical (unpaired) electrons. The summed E-state index contributed by atoms with van der Waals surface area (Å²) in [6.07, 6.45) is 3.34. The summed E-state index contributed by atoms with van der Waals surface area (Å²) in [6.45, 7) is 9.77. The average molecular weight is 394 g/mol. The molecule has 4 rings (SSSR count). The van der Waals surface area contributed by atoms with Gasteiger partial charge in [0.25, 0.3) is 0 Å². The summed E-state index contributed by atoms with van der Waals surface area (Å²) < 4.78 is 10.3. The Bertz CT molecular complexity index is 852. The molecule has 1 fully saturated rings. The molecule has 0 amide bonds. The van der Waals surface area contributed by atoms with E-state index in [1.165, 1.54) is 31.5 Å². The van der Waals surface area contributed by atoms with Gasteiger partial charge in [-0.1, -0.05) is 43.8 Å². The van der Waals surface area contributed by atoms with Gasteiger partial charge >= 0.3 is 0 Å².